The molecule has 1 amide bonds. The summed E-state index contributed by atoms with van der Waals surface area (Å²) in [5.74, 6) is -0.190. The van der Waals surface area contributed by atoms with Crippen molar-refractivity contribution >= 4 is 11.6 Å². The maximum absolute atomic E-state index is 13.3. The molecule has 0 saturated heterocycles. The van der Waals surface area contributed by atoms with Crippen molar-refractivity contribution in [3.8, 4) is 16.9 Å². The first-order valence-electron chi connectivity index (χ1n) is 12.3. The van der Waals surface area contributed by atoms with Gasteiger partial charge in [-0.15, -0.1) is 0 Å². The highest BCUT2D eigenvalue weighted by Gasteiger charge is 2.24. The Labute approximate surface area is 217 Å². The molecule has 0 bridgehead atoms. The van der Waals surface area contributed by atoms with Gasteiger partial charge in [0.1, 0.15) is 5.75 Å². The van der Waals surface area contributed by atoms with Crippen molar-refractivity contribution in [1.82, 2.24) is 5.32 Å². The van der Waals surface area contributed by atoms with Crippen molar-refractivity contribution < 1.29 is 15.0 Å². The summed E-state index contributed by atoms with van der Waals surface area (Å²) in [5, 5.41) is 23.1. The number of nitrogens with one attached hydrogen (secondary N) is 1. The highest BCUT2D eigenvalue weighted by Crippen LogP contribution is 2.23. The van der Waals surface area contributed by atoms with Crippen molar-refractivity contribution in [2.75, 3.05) is 6.61 Å². The van der Waals surface area contributed by atoms with E-state index in [1.54, 1.807) is 24.3 Å². The van der Waals surface area contributed by atoms with Crippen LogP contribution in [0.2, 0.25) is 0 Å². The molecule has 4 rings (SSSR count). The summed E-state index contributed by atoms with van der Waals surface area (Å²) in [6, 6.07) is 31.8. The van der Waals surface area contributed by atoms with Crippen LogP contribution < -0.4 is 11.1 Å². The number of rotatable bonds is 10. The van der Waals surface area contributed by atoms with E-state index in [2.05, 4.69) is 11.9 Å². The molecule has 0 aromatic heterocycles. The average molecular weight is 493 g/mol. The molecule has 0 aliphatic rings. The predicted molar refractivity (Wildman–Crippen MR) is 149 cm³/mol. The second kappa shape index (κ2) is 12.1. The minimum atomic E-state index is -0.290. The van der Waals surface area contributed by atoms with Crippen molar-refractivity contribution in [3.63, 3.8) is 0 Å². The van der Waals surface area contributed by atoms with Crippen LogP contribution in [0.4, 0.5) is 0 Å². The Kier molecular flexibility index (Phi) is 8.39. The van der Waals surface area contributed by atoms with Crippen LogP contribution >= 0.6 is 0 Å². The SMILES string of the molecule is C=C(N)c1cccc(CC(CO)C(Cc2ccccc2)NC(=O)c2ccc(-c3ccc(O)cc3)cc2)c1. The van der Waals surface area contributed by atoms with Gasteiger partial charge in [0.2, 0.25) is 0 Å². The molecule has 37 heavy (non-hydrogen) atoms. The molecule has 0 aliphatic heterocycles. The van der Waals surface area contributed by atoms with Gasteiger partial charge in [0.05, 0.1) is 0 Å². The molecule has 0 saturated carbocycles. The highest BCUT2D eigenvalue weighted by molar-refractivity contribution is 5.95. The first-order valence-corrected chi connectivity index (χ1v) is 12.3. The normalized spacial score (nSPS) is 12.5. The molecule has 0 aliphatic carbocycles. The van der Waals surface area contributed by atoms with Crippen molar-refractivity contribution in [2.24, 2.45) is 11.7 Å². The molecular weight excluding hydrogens is 460 g/mol. The van der Waals surface area contributed by atoms with Gasteiger partial charge in [-0.1, -0.05) is 79.4 Å². The Balaban J connectivity index is 1.54. The summed E-state index contributed by atoms with van der Waals surface area (Å²) >= 11 is 0. The van der Waals surface area contributed by atoms with Crippen LogP contribution in [0.25, 0.3) is 16.8 Å². The molecule has 5 heteroatoms. The number of carbonyl (C=O) groups excluding carboxylic acids is 1. The molecule has 4 aromatic carbocycles. The molecule has 0 heterocycles. The summed E-state index contributed by atoms with van der Waals surface area (Å²) in [6.07, 6.45) is 1.17. The van der Waals surface area contributed by atoms with Gasteiger partial charge in [0, 0.05) is 29.8 Å². The Hall–Kier alpha value is -4.35. The molecule has 2 atom stereocenters. The first-order chi connectivity index (χ1) is 17.9. The number of carbonyl (C=O) groups is 1. The summed E-state index contributed by atoms with van der Waals surface area (Å²) in [7, 11) is 0. The van der Waals surface area contributed by atoms with E-state index in [1.165, 1.54) is 0 Å². The Morgan fingerprint density at radius 2 is 1.41 bits per heavy atom. The highest BCUT2D eigenvalue weighted by atomic mass is 16.3. The van der Waals surface area contributed by atoms with Crippen LogP contribution in [0.5, 0.6) is 5.75 Å². The number of hydrogen-bond donors (Lipinski definition) is 4. The van der Waals surface area contributed by atoms with Crippen LogP contribution in [-0.4, -0.2) is 28.8 Å². The average Bonchev–Trinajstić information content (AvgIpc) is 2.92. The topological polar surface area (TPSA) is 95.6 Å². The number of aromatic hydroxyl groups is 1. The van der Waals surface area contributed by atoms with E-state index < -0.39 is 0 Å². The molecule has 0 fully saturated rings. The number of phenolic OH excluding ortho intramolecular Hbond substituents is 1. The Bertz CT molecular complexity index is 1330. The Morgan fingerprint density at radius 1 is 0.784 bits per heavy atom. The number of benzene rings is 4. The zero-order valence-corrected chi connectivity index (χ0v) is 20.7. The number of hydrogen-bond acceptors (Lipinski definition) is 4. The lowest BCUT2D eigenvalue weighted by Gasteiger charge is -2.27. The molecule has 5 nitrogen and oxygen atoms in total. The number of phenols is 1. The fourth-order valence-corrected chi connectivity index (χ4v) is 4.46. The van der Waals surface area contributed by atoms with Crippen LogP contribution in [-0.2, 0) is 12.8 Å². The lowest BCUT2D eigenvalue weighted by molar-refractivity contribution is 0.0903. The van der Waals surface area contributed by atoms with Crippen molar-refractivity contribution in [3.05, 3.63) is 132 Å². The lowest BCUT2D eigenvalue weighted by Crippen LogP contribution is -2.44. The van der Waals surface area contributed by atoms with Gasteiger partial charge in [-0.25, -0.2) is 0 Å². The number of aliphatic hydroxyl groups excluding tert-OH is 1. The number of aliphatic hydroxyl groups is 1. The van der Waals surface area contributed by atoms with Crippen molar-refractivity contribution in [2.45, 2.75) is 18.9 Å². The van der Waals surface area contributed by atoms with Gasteiger partial charge in [-0.2, -0.15) is 0 Å². The molecular formula is C32H32N2O3. The first kappa shape index (κ1) is 25.7. The smallest absolute Gasteiger partial charge is 0.251 e. The summed E-state index contributed by atoms with van der Waals surface area (Å²) in [5.41, 5.74) is 11.8. The minimum Gasteiger partial charge on any atom is -0.508 e. The van der Waals surface area contributed by atoms with E-state index in [4.69, 9.17) is 5.73 Å². The molecule has 188 valence electrons. The molecule has 0 radical (unpaired) electrons. The van der Waals surface area contributed by atoms with E-state index in [1.807, 2.05) is 78.9 Å². The molecule has 0 spiro atoms. The van der Waals surface area contributed by atoms with E-state index in [0.29, 0.717) is 24.1 Å². The van der Waals surface area contributed by atoms with E-state index in [-0.39, 0.29) is 30.2 Å². The second-order valence-electron chi connectivity index (χ2n) is 9.27. The largest absolute Gasteiger partial charge is 0.508 e. The van der Waals surface area contributed by atoms with E-state index in [0.717, 1.165) is 27.8 Å². The van der Waals surface area contributed by atoms with Gasteiger partial charge < -0.3 is 21.3 Å². The van der Waals surface area contributed by atoms with Gasteiger partial charge in [0.15, 0.2) is 0 Å². The van der Waals surface area contributed by atoms with Crippen LogP contribution in [0.1, 0.15) is 27.0 Å². The summed E-state index contributed by atoms with van der Waals surface area (Å²) in [6.45, 7) is 3.74. The van der Waals surface area contributed by atoms with Crippen molar-refractivity contribution in [1.29, 1.82) is 0 Å². The maximum Gasteiger partial charge on any atom is 0.251 e. The second-order valence-corrected chi connectivity index (χ2v) is 9.27. The zero-order chi connectivity index (χ0) is 26.2. The molecule has 2 unspecified atom stereocenters. The van der Waals surface area contributed by atoms with Gasteiger partial charge in [-0.05, 0) is 71.0 Å². The van der Waals surface area contributed by atoms with Crippen LogP contribution in [0.3, 0.4) is 0 Å². The number of amides is 1. The standard InChI is InChI=1S/C32H32N2O3/c1-22(33)28-9-5-8-24(18-28)19-29(21-35)31(20-23-6-3-2-4-7-23)34-32(37)27-12-10-25(11-13-27)26-14-16-30(36)17-15-26/h2-18,29,31,35-36H,1,19-21,33H2,(H,34,37). The molecule has 4 aromatic rings. The quantitative estimate of drug-likeness (QED) is 0.245. The van der Waals surface area contributed by atoms with E-state index in [9.17, 15) is 15.0 Å². The van der Waals surface area contributed by atoms with E-state index >= 15 is 0 Å². The fourth-order valence-electron chi connectivity index (χ4n) is 4.46. The predicted octanol–water partition coefficient (Wildman–Crippen LogP) is 5.18. The van der Waals surface area contributed by atoms with Crippen LogP contribution in [0, 0.1) is 5.92 Å². The third-order valence-electron chi connectivity index (χ3n) is 6.56. The molecule has 5 N–H and O–H groups in total. The lowest BCUT2D eigenvalue weighted by atomic mass is 9.88. The number of nitrogens with two attached hydrogens (primary N) is 1. The Morgan fingerprint density at radius 3 is 2.03 bits per heavy atom. The van der Waals surface area contributed by atoms with Gasteiger partial charge >= 0.3 is 0 Å². The van der Waals surface area contributed by atoms with Crippen LogP contribution in [0.15, 0.2) is 110 Å². The summed E-state index contributed by atoms with van der Waals surface area (Å²) in [4.78, 5) is 13.3. The monoisotopic (exact) mass is 492 g/mol. The van der Waals surface area contributed by atoms with Gasteiger partial charge in [0.25, 0.3) is 5.91 Å². The maximum atomic E-state index is 13.3. The zero-order valence-electron chi connectivity index (χ0n) is 20.7. The third kappa shape index (κ3) is 6.87. The third-order valence-corrected chi connectivity index (χ3v) is 6.56. The van der Waals surface area contributed by atoms with Gasteiger partial charge in [-0.3, -0.25) is 4.79 Å². The minimum absolute atomic E-state index is 0.0780. The summed E-state index contributed by atoms with van der Waals surface area (Å²) < 4.78 is 0. The fraction of sp³-hybridized carbons (Fsp3) is 0.156.